The van der Waals surface area contributed by atoms with Crippen molar-refractivity contribution in [3.8, 4) is 0 Å². The van der Waals surface area contributed by atoms with Crippen molar-refractivity contribution in [2.45, 2.75) is 6.17 Å². The predicted molar refractivity (Wildman–Crippen MR) is 101 cm³/mol. The van der Waals surface area contributed by atoms with Crippen LogP contribution in [0.1, 0.15) is 22.1 Å². The fourth-order valence-electron chi connectivity index (χ4n) is 3.82. The third-order valence-electron chi connectivity index (χ3n) is 5.16. The van der Waals surface area contributed by atoms with Gasteiger partial charge in [-0.05, 0) is 35.9 Å². The average molecular weight is 343 g/mol. The molecule has 1 unspecified atom stereocenters. The van der Waals surface area contributed by atoms with E-state index in [0.29, 0.717) is 5.56 Å². The highest BCUT2D eigenvalue weighted by molar-refractivity contribution is 6.08. The number of amides is 1. The molecule has 4 aromatic rings. The number of benzene rings is 3. The summed E-state index contributed by atoms with van der Waals surface area (Å²) in [6, 6.07) is 21.5. The van der Waals surface area contributed by atoms with Crippen molar-refractivity contribution in [2.24, 2.45) is 7.05 Å². The van der Waals surface area contributed by atoms with Gasteiger partial charge in [0.2, 0.25) is 0 Å². The Hall–Kier alpha value is -3.31. The van der Waals surface area contributed by atoms with E-state index >= 15 is 0 Å². The van der Waals surface area contributed by atoms with E-state index in [2.05, 4.69) is 22.0 Å². The van der Waals surface area contributed by atoms with Crippen LogP contribution in [-0.2, 0) is 7.05 Å². The molecule has 0 radical (unpaired) electrons. The number of aryl methyl sites for hydroxylation is 1. The van der Waals surface area contributed by atoms with Gasteiger partial charge < -0.3 is 9.88 Å². The van der Waals surface area contributed by atoms with Crippen LogP contribution < -0.4 is 5.32 Å². The molecule has 3 aromatic carbocycles. The second-order valence-corrected chi connectivity index (χ2v) is 6.59. The third-order valence-corrected chi connectivity index (χ3v) is 5.16. The maximum Gasteiger partial charge on any atom is 0.281 e. The summed E-state index contributed by atoms with van der Waals surface area (Å²) in [6.45, 7) is 0. The van der Waals surface area contributed by atoms with Crippen molar-refractivity contribution in [3.05, 3.63) is 77.9 Å². The van der Waals surface area contributed by atoms with Gasteiger partial charge in [-0.3, -0.25) is 10.0 Å². The minimum atomic E-state index is -0.624. The SMILES string of the molecule is Cn1c2ccccc2c2cc(C3Nc4ccccc4C(=O)N3O)ccc21. The van der Waals surface area contributed by atoms with E-state index in [-0.39, 0.29) is 0 Å². The molecule has 5 rings (SSSR count). The quantitative estimate of drug-likeness (QED) is 0.507. The zero-order valence-electron chi connectivity index (χ0n) is 14.2. The standard InChI is InChI=1S/C21H17N3O2/c1-23-18-9-5-3-6-14(18)16-12-13(10-11-19(16)23)20-22-17-8-4-2-7-15(17)21(25)24(20)26/h2-12,20,22,26H,1H3. The van der Waals surface area contributed by atoms with Crippen LogP contribution in [0.2, 0.25) is 0 Å². The Morgan fingerprint density at radius 2 is 1.65 bits per heavy atom. The van der Waals surface area contributed by atoms with Crippen LogP contribution in [0.15, 0.2) is 66.7 Å². The third kappa shape index (κ3) is 1.98. The Morgan fingerprint density at radius 1 is 0.923 bits per heavy atom. The lowest BCUT2D eigenvalue weighted by Gasteiger charge is -2.33. The van der Waals surface area contributed by atoms with Crippen molar-refractivity contribution in [1.29, 1.82) is 0 Å². The molecule has 5 heteroatoms. The largest absolute Gasteiger partial charge is 0.359 e. The summed E-state index contributed by atoms with van der Waals surface area (Å²) in [5.74, 6) is -0.401. The Balaban J connectivity index is 1.68. The van der Waals surface area contributed by atoms with Crippen LogP contribution in [0.5, 0.6) is 0 Å². The summed E-state index contributed by atoms with van der Waals surface area (Å²) in [5, 5.41) is 16.7. The van der Waals surface area contributed by atoms with E-state index in [9.17, 15) is 10.0 Å². The molecule has 1 aliphatic rings. The summed E-state index contributed by atoms with van der Waals surface area (Å²) in [4.78, 5) is 12.5. The first-order valence-electron chi connectivity index (χ1n) is 8.50. The van der Waals surface area contributed by atoms with Crippen molar-refractivity contribution in [3.63, 3.8) is 0 Å². The lowest BCUT2D eigenvalue weighted by atomic mass is 10.0. The maximum atomic E-state index is 12.5. The van der Waals surface area contributed by atoms with Crippen LogP contribution in [0.4, 0.5) is 5.69 Å². The van der Waals surface area contributed by atoms with E-state index in [1.54, 1.807) is 12.1 Å². The normalized spacial score (nSPS) is 16.8. The summed E-state index contributed by atoms with van der Waals surface area (Å²) < 4.78 is 2.15. The molecule has 128 valence electrons. The minimum Gasteiger partial charge on any atom is -0.359 e. The minimum absolute atomic E-state index is 0.401. The summed E-state index contributed by atoms with van der Waals surface area (Å²) >= 11 is 0. The van der Waals surface area contributed by atoms with Gasteiger partial charge in [0, 0.05) is 34.5 Å². The molecule has 2 heterocycles. The molecule has 0 spiro atoms. The Kier molecular flexibility index (Phi) is 3.08. The van der Waals surface area contributed by atoms with Gasteiger partial charge >= 0.3 is 0 Å². The van der Waals surface area contributed by atoms with Gasteiger partial charge in [-0.25, -0.2) is 0 Å². The number of carbonyl (C=O) groups excluding carboxylic acids is 1. The van der Waals surface area contributed by atoms with E-state index in [1.807, 2.05) is 49.5 Å². The number of hydrogen-bond donors (Lipinski definition) is 2. The maximum absolute atomic E-state index is 12.5. The molecule has 0 bridgehead atoms. The summed E-state index contributed by atoms with van der Waals surface area (Å²) in [6.07, 6.45) is -0.624. The lowest BCUT2D eigenvalue weighted by Crippen LogP contribution is -2.40. The zero-order valence-corrected chi connectivity index (χ0v) is 14.2. The van der Waals surface area contributed by atoms with Crippen LogP contribution >= 0.6 is 0 Å². The number of hydroxylamine groups is 2. The molecule has 0 saturated heterocycles. The number of para-hydroxylation sites is 2. The zero-order chi connectivity index (χ0) is 17.8. The number of fused-ring (bicyclic) bond motifs is 4. The highest BCUT2D eigenvalue weighted by atomic mass is 16.5. The molecule has 1 aliphatic heterocycles. The first-order chi connectivity index (χ1) is 12.6. The van der Waals surface area contributed by atoms with E-state index in [1.165, 1.54) is 0 Å². The van der Waals surface area contributed by atoms with Crippen molar-refractivity contribution < 1.29 is 10.0 Å². The number of nitrogens with one attached hydrogen (secondary N) is 1. The Bertz CT molecular complexity index is 1180. The fraction of sp³-hybridized carbons (Fsp3) is 0.0952. The smallest absolute Gasteiger partial charge is 0.281 e. The monoisotopic (exact) mass is 343 g/mol. The van der Waals surface area contributed by atoms with Crippen molar-refractivity contribution in [1.82, 2.24) is 9.63 Å². The number of hydrogen-bond acceptors (Lipinski definition) is 3. The summed E-state index contributed by atoms with van der Waals surface area (Å²) in [7, 11) is 2.04. The predicted octanol–water partition coefficient (Wildman–Crippen LogP) is 4.29. The Morgan fingerprint density at radius 3 is 2.54 bits per heavy atom. The van der Waals surface area contributed by atoms with Gasteiger partial charge in [0.1, 0.15) is 0 Å². The second-order valence-electron chi connectivity index (χ2n) is 6.59. The molecule has 0 saturated carbocycles. The lowest BCUT2D eigenvalue weighted by molar-refractivity contribution is -0.0851. The highest BCUT2D eigenvalue weighted by Crippen LogP contribution is 2.35. The molecule has 0 fully saturated rings. The number of anilines is 1. The first-order valence-corrected chi connectivity index (χ1v) is 8.50. The van der Waals surface area contributed by atoms with E-state index in [4.69, 9.17) is 0 Å². The highest BCUT2D eigenvalue weighted by Gasteiger charge is 2.32. The van der Waals surface area contributed by atoms with Crippen LogP contribution in [0, 0.1) is 0 Å². The van der Waals surface area contributed by atoms with Crippen LogP contribution in [0.25, 0.3) is 21.8 Å². The molecule has 5 nitrogen and oxygen atoms in total. The second kappa shape index (κ2) is 5.34. The number of rotatable bonds is 1. The summed E-state index contributed by atoms with van der Waals surface area (Å²) in [5.41, 5.74) is 4.29. The van der Waals surface area contributed by atoms with Gasteiger partial charge in [0.15, 0.2) is 6.17 Å². The Labute approximate surface area is 150 Å². The number of carbonyl (C=O) groups is 1. The molecule has 1 atom stereocenters. The van der Waals surface area contributed by atoms with Crippen molar-refractivity contribution in [2.75, 3.05) is 5.32 Å². The molecule has 1 amide bonds. The molecule has 0 aliphatic carbocycles. The average Bonchev–Trinajstić information content (AvgIpc) is 2.97. The van der Waals surface area contributed by atoms with Gasteiger partial charge in [0.05, 0.1) is 5.56 Å². The van der Waals surface area contributed by atoms with Gasteiger partial charge in [-0.1, -0.05) is 36.4 Å². The van der Waals surface area contributed by atoms with E-state index in [0.717, 1.165) is 38.1 Å². The van der Waals surface area contributed by atoms with Gasteiger partial charge in [0.25, 0.3) is 5.91 Å². The van der Waals surface area contributed by atoms with E-state index < -0.39 is 12.1 Å². The number of nitrogens with zero attached hydrogens (tertiary/aromatic N) is 2. The van der Waals surface area contributed by atoms with Crippen LogP contribution in [-0.4, -0.2) is 20.7 Å². The topological polar surface area (TPSA) is 57.5 Å². The van der Waals surface area contributed by atoms with Crippen molar-refractivity contribution >= 4 is 33.4 Å². The molecule has 26 heavy (non-hydrogen) atoms. The first kappa shape index (κ1) is 15.0. The molecular weight excluding hydrogens is 326 g/mol. The molecular formula is C21H17N3O2. The van der Waals surface area contributed by atoms with Gasteiger partial charge in [-0.15, -0.1) is 0 Å². The van der Waals surface area contributed by atoms with Crippen LogP contribution in [0.3, 0.4) is 0 Å². The molecule has 1 aromatic heterocycles. The fourth-order valence-corrected chi connectivity index (χ4v) is 3.82. The number of aromatic nitrogens is 1. The van der Waals surface area contributed by atoms with Gasteiger partial charge in [-0.2, -0.15) is 5.06 Å². The molecule has 2 N–H and O–H groups in total.